The Labute approximate surface area is 125 Å². The summed E-state index contributed by atoms with van der Waals surface area (Å²) in [6.07, 6.45) is 0. The van der Waals surface area contributed by atoms with Crippen molar-refractivity contribution in [3.05, 3.63) is 64.7 Å². The first-order valence-electron chi connectivity index (χ1n) is 5.90. The van der Waals surface area contributed by atoms with E-state index < -0.39 is 17.7 Å². The molecule has 0 spiro atoms. The fourth-order valence-corrected chi connectivity index (χ4v) is 3.05. The summed E-state index contributed by atoms with van der Waals surface area (Å²) in [4.78, 5) is 0.886. The van der Waals surface area contributed by atoms with Crippen LogP contribution in [0.1, 0.15) is 11.6 Å². The van der Waals surface area contributed by atoms with E-state index in [1.54, 1.807) is 6.07 Å². The molecule has 20 heavy (non-hydrogen) atoms. The van der Waals surface area contributed by atoms with Crippen molar-refractivity contribution in [1.82, 2.24) is 5.43 Å². The van der Waals surface area contributed by atoms with Gasteiger partial charge in [0.1, 0.15) is 11.6 Å². The second-order valence-corrected chi connectivity index (χ2v) is 5.60. The quantitative estimate of drug-likeness (QED) is 0.499. The van der Waals surface area contributed by atoms with Crippen LogP contribution in [0.2, 0.25) is 5.02 Å². The Balaban J connectivity index is 2.11. The summed E-state index contributed by atoms with van der Waals surface area (Å²) in [5.74, 6) is 4.70. The lowest BCUT2D eigenvalue weighted by molar-refractivity contribution is 0.531. The van der Waals surface area contributed by atoms with Crippen LogP contribution in [0, 0.1) is 11.6 Å². The van der Waals surface area contributed by atoms with Crippen LogP contribution >= 0.6 is 23.4 Å². The fourth-order valence-electron chi connectivity index (χ4n) is 1.75. The first-order valence-corrected chi connectivity index (χ1v) is 7.26. The number of nitrogens with two attached hydrogens (primary N) is 1. The summed E-state index contributed by atoms with van der Waals surface area (Å²) in [6.45, 7) is 0. The smallest absolute Gasteiger partial charge is 0.130 e. The zero-order valence-electron chi connectivity index (χ0n) is 10.4. The normalized spacial score (nSPS) is 12.4. The first-order chi connectivity index (χ1) is 9.61. The van der Waals surface area contributed by atoms with E-state index in [0.29, 0.717) is 16.3 Å². The molecule has 2 aromatic carbocycles. The number of benzene rings is 2. The number of hydrogen-bond acceptors (Lipinski definition) is 3. The van der Waals surface area contributed by atoms with Crippen molar-refractivity contribution in [2.24, 2.45) is 5.84 Å². The zero-order valence-corrected chi connectivity index (χ0v) is 12.0. The number of hydrazine groups is 1. The summed E-state index contributed by atoms with van der Waals surface area (Å²) in [6, 6.07) is 10.4. The Morgan fingerprint density at radius 2 is 1.95 bits per heavy atom. The average molecular weight is 315 g/mol. The molecule has 2 nitrogen and oxygen atoms in total. The van der Waals surface area contributed by atoms with Gasteiger partial charge in [0.05, 0.1) is 11.1 Å². The summed E-state index contributed by atoms with van der Waals surface area (Å²) >= 11 is 7.51. The topological polar surface area (TPSA) is 38.0 Å². The van der Waals surface area contributed by atoms with Crippen molar-refractivity contribution in [2.75, 3.05) is 5.75 Å². The lowest BCUT2D eigenvalue weighted by Crippen LogP contribution is -2.30. The first kappa shape index (κ1) is 15.3. The van der Waals surface area contributed by atoms with Gasteiger partial charge >= 0.3 is 0 Å². The third-order valence-electron chi connectivity index (χ3n) is 2.78. The molecule has 0 fully saturated rings. The molecule has 1 atom stereocenters. The van der Waals surface area contributed by atoms with E-state index in [9.17, 15) is 8.78 Å². The molecule has 6 heteroatoms. The van der Waals surface area contributed by atoms with Crippen molar-refractivity contribution in [2.45, 2.75) is 10.9 Å². The lowest BCUT2D eigenvalue weighted by atomic mass is 10.1. The molecule has 0 aliphatic carbocycles. The summed E-state index contributed by atoms with van der Waals surface area (Å²) in [5.41, 5.74) is 2.87. The summed E-state index contributed by atoms with van der Waals surface area (Å²) < 4.78 is 26.6. The molecule has 1 unspecified atom stereocenters. The summed E-state index contributed by atoms with van der Waals surface area (Å²) in [7, 11) is 0. The van der Waals surface area contributed by atoms with Gasteiger partial charge < -0.3 is 0 Å². The Kier molecular flexibility index (Phi) is 5.37. The fraction of sp³-hybridized carbons (Fsp3) is 0.143. The van der Waals surface area contributed by atoms with E-state index in [1.165, 1.54) is 23.9 Å². The molecular formula is C14H13ClF2N2S. The Morgan fingerprint density at radius 1 is 1.20 bits per heavy atom. The maximum Gasteiger partial charge on any atom is 0.130 e. The molecule has 0 saturated heterocycles. The number of hydrogen-bond donors (Lipinski definition) is 2. The molecule has 0 bridgehead atoms. The second kappa shape index (κ2) is 7.04. The number of rotatable bonds is 5. The Bertz CT molecular complexity index is 595. The molecule has 3 N–H and O–H groups in total. The van der Waals surface area contributed by atoms with Crippen LogP contribution in [0.4, 0.5) is 8.78 Å². The minimum Gasteiger partial charge on any atom is -0.271 e. The molecule has 106 valence electrons. The minimum absolute atomic E-state index is 0.327. The van der Waals surface area contributed by atoms with Crippen molar-refractivity contribution in [1.29, 1.82) is 0 Å². The van der Waals surface area contributed by atoms with Gasteiger partial charge in [-0.15, -0.1) is 11.8 Å². The standard InChI is InChI=1S/C14H13ClF2N2S/c15-11-3-1-2-4-14(11)20-8-13(19-18)10-6-5-9(16)7-12(10)17/h1-7,13,19H,8,18H2. The predicted molar refractivity (Wildman–Crippen MR) is 78.6 cm³/mol. The van der Waals surface area contributed by atoms with Crippen LogP contribution in [-0.4, -0.2) is 5.75 Å². The molecule has 2 aromatic rings. The third-order valence-corrected chi connectivity index (χ3v) is 4.39. The van der Waals surface area contributed by atoms with Gasteiger partial charge in [0.25, 0.3) is 0 Å². The van der Waals surface area contributed by atoms with Crippen LogP contribution < -0.4 is 11.3 Å². The maximum absolute atomic E-state index is 13.7. The molecule has 0 aromatic heterocycles. The molecule has 0 radical (unpaired) electrons. The van der Waals surface area contributed by atoms with E-state index in [2.05, 4.69) is 5.43 Å². The van der Waals surface area contributed by atoms with Gasteiger partial charge in [0.2, 0.25) is 0 Å². The van der Waals surface area contributed by atoms with Gasteiger partial charge in [-0.1, -0.05) is 29.8 Å². The molecule has 0 heterocycles. The van der Waals surface area contributed by atoms with Gasteiger partial charge in [0, 0.05) is 22.3 Å². The van der Waals surface area contributed by atoms with E-state index >= 15 is 0 Å². The van der Waals surface area contributed by atoms with Crippen LogP contribution in [0.5, 0.6) is 0 Å². The summed E-state index contributed by atoms with van der Waals surface area (Å²) in [5, 5.41) is 0.632. The van der Waals surface area contributed by atoms with Crippen molar-refractivity contribution in [3.63, 3.8) is 0 Å². The number of thioether (sulfide) groups is 1. The van der Waals surface area contributed by atoms with Crippen LogP contribution in [0.3, 0.4) is 0 Å². The largest absolute Gasteiger partial charge is 0.271 e. The molecule has 0 saturated carbocycles. The average Bonchev–Trinajstić information content (AvgIpc) is 2.43. The van der Waals surface area contributed by atoms with Gasteiger partial charge in [-0.3, -0.25) is 11.3 Å². The number of nitrogens with one attached hydrogen (secondary N) is 1. The molecule has 2 rings (SSSR count). The SMILES string of the molecule is NNC(CSc1ccccc1Cl)c1ccc(F)cc1F. The van der Waals surface area contributed by atoms with E-state index in [1.807, 2.05) is 18.2 Å². The highest BCUT2D eigenvalue weighted by atomic mass is 35.5. The van der Waals surface area contributed by atoms with Crippen molar-refractivity contribution in [3.8, 4) is 0 Å². The highest BCUT2D eigenvalue weighted by Gasteiger charge is 2.16. The van der Waals surface area contributed by atoms with Gasteiger partial charge in [-0.2, -0.15) is 0 Å². The third kappa shape index (κ3) is 3.70. The van der Waals surface area contributed by atoms with Crippen LogP contribution in [0.25, 0.3) is 0 Å². The molecule has 0 amide bonds. The van der Waals surface area contributed by atoms with Crippen LogP contribution in [0.15, 0.2) is 47.4 Å². The maximum atomic E-state index is 13.7. The zero-order chi connectivity index (χ0) is 14.5. The Hall–Kier alpha value is -1.14. The van der Waals surface area contributed by atoms with Crippen LogP contribution in [-0.2, 0) is 0 Å². The minimum atomic E-state index is -0.618. The monoisotopic (exact) mass is 314 g/mol. The lowest BCUT2D eigenvalue weighted by Gasteiger charge is -2.17. The second-order valence-electron chi connectivity index (χ2n) is 4.13. The van der Waals surface area contributed by atoms with Crippen molar-refractivity contribution < 1.29 is 8.78 Å². The Morgan fingerprint density at radius 3 is 2.60 bits per heavy atom. The highest BCUT2D eigenvalue weighted by molar-refractivity contribution is 7.99. The molecule has 0 aliphatic rings. The molecular weight excluding hydrogens is 302 g/mol. The van der Waals surface area contributed by atoms with E-state index in [4.69, 9.17) is 17.4 Å². The number of halogens is 3. The predicted octanol–water partition coefficient (Wildman–Crippen LogP) is 3.91. The van der Waals surface area contributed by atoms with Crippen molar-refractivity contribution >= 4 is 23.4 Å². The van der Waals surface area contributed by atoms with Gasteiger partial charge in [0.15, 0.2) is 0 Å². The van der Waals surface area contributed by atoms with Gasteiger partial charge in [-0.05, 0) is 18.2 Å². The highest BCUT2D eigenvalue weighted by Crippen LogP contribution is 2.30. The van der Waals surface area contributed by atoms with E-state index in [0.717, 1.165) is 11.0 Å². The van der Waals surface area contributed by atoms with E-state index in [-0.39, 0.29) is 0 Å². The molecule has 0 aliphatic heterocycles. The van der Waals surface area contributed by atoms with Gasteiger partial charge in [-0.25, -0.2) is 8.78 Å².